The molecule has 3 N–H and O–H groups in total. The van der Waals surface area contributed by atoms with Gasteiger partial charge in [-0.2, -0.15) is 18.3 Å². The van der Waals surface area contributed by atoms with Gasteiger partial charge in [-0.15, -0.1) is 0 Å². The van der Waals surface area contributed by atoms with E-state index in [9.17, 15) is 26.4 Å². The number of sulfone groups is 1. The first-order valence-corrected chi connectivity index (χ1v) is 14.3. The average molecular weight is 615 g/mol. The van der Waals surface area contributed by atoms with Crippen molar-refractivity contribution in [3.05, 3.63) is 64.6 Å². The topological polar surface area (TPSA) is 116 Å². The molecule has 2 aromatic carbocycles. The van der Waals surface area contributed by atoms with E-state index in [0.717, 1.165) is 17.0 Å². The second-order valence-corrected chi connectivity index (χ2v) is 12.4. The summed E-state index contributed by atoms with van der Waals surface area (Å²) in [5.41, 5.74) is 4.01. The molecular weight excluding hydrogens is 588 g/mol. The summed E-state index contributed by atoms with van der Waals surface area (Å²) in [6.07, 6.45) is -3.69. The van der Waals surface area contributed by atoms with Crippen LogP contribution >= 0.6 is 11.6 Å². The van der Waals surface area contributed by atoms with Crippen molar-refractivity contribution in [1.82, 2.24) is 15.1 Å². The summed E-state index contributed by atoms with van der Waals surface area (Å²) in [6, 6.07) is 7.60. The van der Waals surface area contributed by atoms with Gasteiger partial charge in [-0.1, -0.05) is 35.6 Å². The fourth-order valence-corrected chi connectivity index (χ4v) is 4.73. The molecular formula is C27H27ClF4N4O4S. The van der Waals surface area contributed by atoms with Crippen LogP contribution in [0.25, 0.3) is 16.9 Å². The number of amides is 1. The van der Waals surface area contributed by atoms with Crippen LogP contribution in [0.3, 0.4) is 0 Å². The Morgan fingerprint density at radius 1 is 1.17 bits per heavy atom. The number of carbonyl (C=O) groups excluding carboxylic acids is 1. The lowest BCUT2D eigenvalue weighted by Gasteiger charge is -2.19. The molecule has 0 fully saturated rings. The number of carbonyl (C=O) groups is 1. The largest absolute Gasteiger partial charge is 0.405 e. The molecule has 0 spiro atoms. The first-order chi connectivity index (χ1) is 18.9. The van der Waals surface area contributed by atoms with Crippen LogP contribution in [0.4, 0.5) is 17.6 Å². The molecule has 0 saturated carbocycles. The SMILES string of the molecule is CC(C)(C)NC(=O)c1nn(-c2ccc(C#CCOCC(N)C(F)(F)F)cc2F)c(-c2ccc(Cl)cc2)c1S(C)(=O)=O. The summed E-state index contributed by atoms with van der Waals surface area (Å²) in [6.45, 7) is 3.95. The number of aromatic nitrogens is 2. The van der Waals surface area contributed by atoms with E-state index in [4.69, 9.17) is 22.1 Å². The standard InChI is InChI=1S/C27H27ClF4N4O4S/c1-26(2,3)34-25(37)22-24(41(4,38)39)23(17-8-10-18(28)11-9-17)36(35-22)20-12-7-16(14-19(20)29)6-5-13-40-15-21(33)27(30,31)32/h7-12,14,21H,13,15,33H2,1-4H3,(H,34,37). The molecule has 1 heterocycles. The van der Waals surface area contributed by atoms with Gasteiger partial charge in [0.2, 0.25) is 0 Å². The number of nitrogens with zero attached hydrogens (tertiary/aromatic N) is 2. The number of ether oxygens (including phenoxy) is 1. The molecule has 0 radical (unpaired) electrons. The van der Waals surface area contributed by atoms with Gasteiger partial charge >= 0.3 is 6.18 Å². The molecule has 1 atom stereocenters. The van der Waals surface area contributed by atoms with Crippen LogP contribution in [0.2, 0.25) is 5.02 Å². The fraction of sp³-hybridized carbons (Fsp3) is 0.333. The molecule has 1 aromatic heterocycles. The number of nitrogens with one attached hydrogen (secondary N) is 1. The first kappa shape index (κ1) is 32.1. The molecule has 0 aliphatic heterocycles. The second kappa shape index (κ2) is 12.2. The van der Waals surface area contributed by atoms with Gasteiger partial charge in [0.1, 0.15) is 29.0 Å². The molecule has 0 aliphatic rings. The lowest BCUT2D eigenvalue weighted by molar-refractivity contribution is -0.158. The maximum absolute atomic E-state index is 15.4. The van der Waals surface area contributed by atoms with Gasteiger partial charge in [0.15, 0.2) is 15.5 Å². The number of halogens is 5. The zero-order valence-corrected chi connectivity index (χ0v) is 24.0. The minimum atomic E-state index is -4.60. The normalized spacial score (nSPS) is 12.9. The average Bonchev–Trinajstić information content (AvgIpc) is 3.24. The second-order valence-electron chi connectivity index (χ2n) is 10.1. The molecule has 14 heteroatoms. The van der Waals surface area contributed by atoms with Gasteiger partial charge in [0, 0.05) is 27.9 Å². The highest BCUT2D eigenvalue weighted by Crippen LogP contribution is 2.34. The van der Waals surface area contributed by atoms with Crippen molar-refractivity contribution in [1.29, 1.82) is 0 Å². The Morgan fingerprint density at radius 2 is 1.80 bits per heavy atom. The summed E-state index contributed by atoms with van der Waals surface area (Å²) in [7, 11) is -4.08. The minimum Gasteiger partial charge on any atom is -0.367 e. The molecule has 0 saturated heterocycles. The number of hydrogen-bond donors (Lipinski definition) is 2. The molecule has 8 nitrogen and oxygen atoms in total. The Hall–Kier alpha value is -3.44. The monoisotopic (exact) mass is 614 g/mol. The van der Waals surface area contributed by atoms with E-state index >= 15 is 4.39 Å². The van der Waals surface area contributed by atoms with Gasteiger partial charge in [0.05, 0.1) is 12.3 Å². The summed E-state index contributed by atoms with van der Waals surface area (Å²) >= 11 is 6.01. The molecule has 3 rings (SSSR count). The van der Waals surface area contributed by atoms with Gasteiger partial charge in [-0.3, -0.25) is 4.79 Å². The highest BCUT2D eigenvalue weighted by atomic mass is 35.5. The van der Waals surface area contributed by atoms with E-state index in [1.165, 1.54) is 36.4 Å². The smallest absolute Gasteiger partial charge is 0.367 e. The Balaban J connectivity index is 2.08. The third-order valence-electron chi connectivity index (χ3n) is 5.33. The van der Waals surface area contributed by atoms with Crippen LogP contribution in [-0.2, 0) is 14.6 Å². The summed E-state index contributed by atoms with van der Waals surface area (Å²) < 4.78 is 84.6. The van der Waals surface area contributed by atoms with Gasteiger partial charge in [-0.25, -0.2) is 17.5 Å². The van der Waals surface area contributed by atoms with Crippen LogP contribution in [0.1, 0.15) is 36.8 Å². The highest BCUT2D eigenvalue weighted by molar-refractivity contribution is 7.91. The highest BCUT2D eigenvalue weighted by Gasteiger charge is 2.36. The summed E-state index contributed by atoms with van der Waals surface area (Å²) in [4.78, 5) is 12.7. The van der Waals surface area contributed by atoms with Crippen molar-refractivity contribution in [2.24, 2.45) is 5.73 Å². The lowest BCUT2D eigenvalue weighted by Crippen LogP contribution is -2.41. The van der Waals surface area contributed by atoms with Gasteiger partial charge in [0.25, 0.3) is 5.91 Å². The van der Waals surface area contributed by atoms with Gasteiger partial charge in [-0.05, 0) is 51.1 Å². The van der Waals surface area contributed by atoms with Gasteiger partial charge < -0.3 is 15.8 Å². The van der Waals surface area contributed by atoms with Crippen LogP contribution < -0.4 is 11.1 Å². The Kier molecular flexibility index (Phi) is 9.54. The first-order valence-electron chi connectivity index (χ1n) is 12.0. The maximum atomic E-state index is 15.4. The van der Waals surface area contributed by atoms with E-state index in [1.54, 1.807) is 20.8 Å². The van der Waals surface area contributed by atoms with Crippen LogP contribution in [0, 0.1) is 17.7 Å². The van der Waals surface area contributed by atoms with Crippen LogP contribution in [0.5, 0.6) is 0 Å². The van der Waals surface area contributed by atoms with Crippen molar-refractivity contribution in [2.75, 3.05) is 19.5 Å². The molecule has 41 heavy (non-hydrogen) atoms. The van der Waals surface area contributed by atoms with Crippen molar-refractivity contribution in [3.8, 4) is 28.8 Å². The maximum Gasteiger partial charge on any atom is 0.405 e. The quantitative estimate of drug-likeness (QED) is 0.230. The predicted octanol–water partition coefficient (Wildman–Crippen LogP) is 4.52. The van der Waals surface area contributed by atoms with Crippen molar-refractivity contribution < 1.29 is 35.5 Å². The number of alkyl halides is 3. The Bertz CT molecular complexity index is 1600. The molecule has 3 aromatic rings. The molecule has 1 amide bonds. The molecule has 0 bridgehead atoms. The van der Waals surface area contributed by atoms with E-state index in [-0.39, 0.29) is 23.6 Å². The Morgan fingerprint density at radius 3 is 2.34 bits per heavy atom. The summed E-state index contributed by atoms with van der Waals surface area (Å²) in [5, 5.41) is 7.28. The third-order valence-corrected chi connectivity index (χ3v) is 6.71. The lowest BCUT2D eigenvalue weighted by atomic mass is 10.1. The molecule has 220 valence electrons. The fourth-order valence-electron chi connectivity index (χ4n) is 3.56. The number of benzene rings is 2. The predicted molar refractivity (Wildman–Crippen MR) is 146 cm³/mol. The summed E-state index contributed by atoms with van der Waals surface area (Å²) in [5.74, 6) is 3.41. The zero-order valence-electron chi connectivity index (χ0n) is 22.4. The molecule has 0 aliphatic carbocycles. The van der Waals surface area contributed by atoms with E-state index in [2.05, 4.69) is 22.3 Å². The zero-order chi connectivity index (χ0) is 30.8. The molecule has 1 unspecified atom stereocenters. The number of nitrogens with two attached hydrogens (primary N) is 1. The van der Waals surface area contributed by atoms with Crippen LogP contribution in [0.15, 0.2) is 47.4 Å². The Labute approximate surface area is 239 Å². The number of hydrogen-bond acceptors (Lipinski definition) is 6. The van der Waals surface area contributed by atoms with E-state index in [1.807, 2.05) is 0 Å². The van der Waals surface area contributed by atoms with Crippen molar-refractivity contribution in [2.45, 2.75) is 43.4 Å². The van der Waals surface area contributed by atoms with Crippen molar-refractivity contribution >= 4 is 27.3 Å². The van der Waals surface area contributed by atoms with E-state index in [0.29, 0.717) is 10.6 Å². The van der Waals surface area contributed by atoms with Crippen LogP contribution in [-0.4, -0.2) is 61.3 Å². The minimum absolute atomic E-state index is 0.0598. The number of rotatable bonds is 7. The van der Waals surface area contributed by atoms with Crippen molar-refractivity contribution in [3.63, 3.8) is 0 Å². The van der Waals surface area contributed by atoms with E-state index < -0.39 is 56.5 Å². The third kappa shape index (κ3) is 8.29.